The Morgan fingerprint density at radius 2 is 1.94 bits per heavy atom. The second kappa shape index (κ2) is 5.27. The molecule has 5 heteroatoms. The van der Waals surface area contributed by atoms with Crippen LogP contribution in [0.4, 0.5) is 0 Å². The maximum absolute atomic E-state index is 10.5. The van der Waals surface area contributed by atoms with Gasteiger partial charge >= 0.3 is 5.97 Å². The van der Waals surface area contributed by atoms with E-state index in [1.54, 1.807) is 0 Å². The first-order valence-corrected chi connectivity index (χ1v) is 5.88. The maximum atomic E-state index is 10.5. The third-order valence-electron chi connectivity index (χ3n) is 2.97. The average Bonchev–Trinajstić information content (AvgIpc) is 2.35. The fourth-order valence-corrected chi connectivity index (χ4v) is 1.92. The molecule has 1 aliphatic rings. The van der Waals surface area contributed by atoms with Crippen LogP contribution in [0.25, 0.3) is 0 Å². The zero-order chi connectivity index (χ0) is 13.1. The topological polar surface area (TPSA) is 76.0 Å². The van der Waals surface area contributed by atoms with Crippen molar-refractivity contribution in [2.24, 2.45) is 0 Å². The standard InChI is InChI=1S/C13H16O5/c1-8-6-11-12(18-5-4-17-11)7-9(8)2-3-10(14)13(15)16/h6-7,10,14H,2-5H2,1H3,(H,15,16). The number of aliphatic hydroxyl groups excluding tert-OH is 1. The Hall–Kier alpha value is -1.75. The molecule has 98 valence electrons. The Bertz CT molecular complexity index is 455. The molecule has 0 saturated carbocycles. The number of carboxylic acids is 1. The molecule has 1 aliphatic heterocycles. The van der Waals surface area contributed by atoms with E-state index in [0.717, 1.165) is 16.9 Å². The SMILES string of the molecule is Cc1cc2c(cc1CCC(O)C(=O)O)OCCO2. The summed E-state index contributed by atoms with van der Waals surface area (Å²) in [6.45, 7) is 3.00. The number of carbonyl (C=O) groups is 1. The smallest absolute Gasteiger partial charge is 0.332 e. The van der Waals surface area contributed by atoms with E-state index in [2.05, 4.69) is 0 Å². The first-order chi connectivity index (χ1) is 8.58. The summed E-state index contributed by atoms with van der Waals surface area (Å²) >= 11 is 0. The minimum atomic E-state index is -1.32. The lowest BCUT2D eigenvalue weighted by Gasteiger charge is -2.20. The molecule has 1 heterocycles. The molecule has 18 heavy (non-hydrogen) atoms. The number of aliphatic carboxylic acids is 1. The summed E-state index contributed by atoms with van der Waals surface area (Å²) in [6, 6.07) is 3.75. The number of aryl methyl sites for hydroxylation is 2. The second-order valence-electron chi connectivity index (χ2n) is 4.32. The number of benzene rings is 1. The highest BCUT2D eigenvalue weighted by Crippen LogP contribution is 2.33. The number of carboxylic acid groups (broad SMARTS) is 1. The summed E-state index contributed by atoms with van der Waals surface area (Å²) in [7, 11) is 0. The third-order valence-corrected chi connectivity index (χ3v) is 2.97. The van der Waals surface area contributed by atoms with Crippen molar-refractivity contribution >= 4 is 5.97 Å². The maximum Gasteiger partial charge on any atom is 0.332 e. The molecule has 0 radical (unpaired) electrons. The molecule has 1 aromatic carbocycles. The van der Waals surface area contributed by atoms with Crippen molar-refractivity contribution in [3.8, 4) is 11.5 Å². The third kappa shape index (κ3) is 2.73. The lowest BCUT2D eigenvalue weighted by Crippen LogP contribution is -2.20. The molecule has 0 aliphatic carbocycles. The minimum absolute atomic E-state index is 0.190. The van der Waals surface area contributed by atoms with Gasteiger partial charge < -0.3 is 19.7 Å². The van der Waals surface area contributed by atoms with Crippen molar-refractivity contribution < 1.29 is 24.5 Å². The van der Waals surface area contributed by atoms with Crippen molar-refractivity contribution in [1.29, 1.82) is 0 Å². The fraction of sp³-hybridized carbons (Fsp3) is 0.462. The van der Waals surface area contributed by atoms with Crippen molar-refractivity contribution in [1.82, 2.24) is 0 Å². The van der Waals surface area contributed by atoms with Crippen LogP contribution in [0.5, 0.6) is 11.5 Å². The van der Waals surface area contributed by atoms with Crippen LogP contribution in [-0.4, -0.2) is 35.5 Å². The summed E-state index contributed by atoms with van der Waals surface area (Å²) in [6.07, 6.45) is -0.635. The van der Waals surface area contributed by atoms with Gasteiger partial charge in [0.25, 0.3) is 0 Å². The Kier molecular flexibility index (Phi) is 3.72. The number of hydrogen-bond acceptors (Lipinski definition) is 4. The molecular formula is C13H16O5. The van der Waals surface area contributed by atoms with Crippen LogP contribution >= 0.6 is 0 Å². The van der Waals surface area contributed by atoms with Gasteiger partial charge in [0.05, 0.1) is 0 Å². The molecule has 0 bridgehead atoms. The molecular weight excluding hydrogens is 236 g/mol. The van der Waals surface area contributed by atoms with E-state index in [9.17, 15) is 9.90 Å². The van der Waals surface area contributed by atoms with Gasteiger partial charge in [-0.05, 0) is 43.0 Å². The molecule has 0 aromatic heterocycles. The van der Waals surface area contributed by atoms with Gasteiger partial charge in [-0.2, -0.15) is 0 Å². The number of aliphatic hydroxyl groups is 1. The lowest BCUT2D eigenvalue weighted by molar-refractivity contribution is -0.146. The number of fused-ring (bicyclic) bond motifs is 1. The van der Waals surface area contributed by atoms with Crippen molar-refractivity contribution in [2.45, 2.75) is 25.9 Å². The summed E-state index contributed by atoms with van der Waals surface area (Å²) in [5.74, 6) is 0.221. The molecule has 0 saturated heterocycles. The quantitative estimate of drug-likeness (QED) is 0.840. The van der Waals surface area contributed by atoms with Crippen molar-refractivity contribution in [3.63, 3.8) is 0 Å². The summed E-state index contributed by atoms with van der Waals surface area (Å²) in [5, 5.41) is 17.9. The van der Waals surface area contributed by atoms with Crippen LogP contribution in [0.2, 0.25) is 0 Å². The number of ether oxygens (including phenoxy) is 2. The molecule has 2 rings (SSSR count). The summed E-state index contributed by atoms with van der Waals surface area (Å²) in [4.78, 5) is 10.5. The second-order valence-corrected chi connectivity index (χ2v) is 4.32. The normalized spacial score (nSPS) is 15.2. The van der Waals surface area contributed by atoms with Crippen LogP contribution in [0.3, 0.4) is 0 Å². The van der Waals surface area contributed by atoms with Crippen molar-refractivity contribution in [2.75, 3.05) is 13.2 Å². The largest absolute Gasteiger partial charge is 0.486 e. The van der Waals surface area contributed by atoms with E-state index in [1.165, 1.54) is 0 Å². The predicted octanol–water partition coefficient (Wildman–Crippen LogP) is 1.14. The van der Waals surface area contributed by atoms with Crippen LogP contribution in [0, 0.1) is 6.92 Å². The zero-order valence-corrected chi connectivity index (χ0v) is 10.2. The number of rotatable bonds is 4. The van der Waals surface area contributed by atoms with Crippen LogP contribution < -0.4 is 9.47 Å². The van der Waals surface area contributed by atoms with E-state index in [1.807, 2.05) is 19.1 Å². The van der Waals surface area contributed by atoms with Gasteiger partial charge in [0, 0.05) is 0 Å². The monoisotopic (exact) mass is 252 g/mol. The molecule has 1 atom stereocenters. The van der Waals surface area contributed by atoms with Gasteiger partial charge in [-0.15, -0.1) is 0 Å². The Labute approximate surface area is 105 Å². The van der Waals surface area contributed by atoms with Gasteiger partial charge in [-0.1, -0.05) is 0 Å². The highest BCUT2D eigenvalue weighted by Gasteiger charge is 2.17. The van der Waals surface area contributed by atoms with Gasteiger partial charge in [-0.3, -0.25) is 0 Å². The predicted molar refractivity (Wildman–Crippen MR) is 64.1 cm³/mol. The summed E-state index contributed by atoms with van der Waals surface area (Å²) < 4.78 is 10.9. The first-order valence-electron chi connectivity index (χ1n) is 5.88. The minimum Gasteiger partial charge on any atom is -0.486 e. The van der Waals surface area contributed by atoms with Gasteiger partial charge in [0.1, 0.15) is 13.2 Å². The highest BCUT2D eigenvalue weighted by molar-refractivity contribution is 5.71. The van der Waals surface area contributed by atoms with Crippen LogP contribution in [-0.2, 0) is 11.2 Å². The fourth-order valence-electron chi connectivity index (χ4n) is 1.92. The molecule has 0 amide bonds. The van der Waals surface area contributed by atoms with Crippen LogP contribution in [0.1, 0.15) is 17.5 Å². The zero-order valence-electron chi connectivity index (χ0n) is 10.2. The van der Waals surface area contributed by atoms with E-state index in [4.69, 9.17) is 14.6 Å². The van der Waals surface area contributed by atoms with E-state index < -0.39 is 12.1 Å². The number of hydrogen-bond donors (Lipinski definition) is 2. The first kappa shape index (κ1) is 12.7. The van der Waals surface area contributed by atoms with Gasteiger partial charge in [0.2, 0.25) is 0 Å². The molecule has 5 nitrogen and oxygen atoms in total. The Morgan fingerprint density at radius 3 is 2.56 bits per heavy atom. The molecule has 2 N–H and O–H groups in total. The lowest BCUT2D eigenvalue weighted by atomic mass is 10.0. The Balaban J connectivity index is 2.11. The van der Waals surface area contributed by atoms with E-state index >= 15 is 0 Å². The Morgan fingerprint density at radius 1 is 1.33 bits per heavy atom. The molecule has 0 spiro atoms. The molecule has 0 fully saturated rings. The van der Waals surface area contributed by atoms with Gasteiger partial charge in [-0.25, -0.2) is 4.79 Å². The average molecular weight is 252 g/mol. The van der Waals surface area contributed by atoms with Crippen molar-refractivity contribution in [3.05, 3.63) is 23.3 Å². The van der Waals surface area contributed by atoms with Crippen LogP contribution in [0.15, 0.2) is 12.1 Å². The molecule has 1 aromatic rings. The molecule has 1 unspecified atom stereocenters. The van der Waals surface area contributed by atoms with E-state index in [-0.39, 0.29) is 6.42 Å². The summed E-state index contributed by atoms with van der Waals surface area (Å²) in [5.41, 5.74) is 1.98. The highest BCUT2D eigenvalue weighted by atomic mass is 16.6. The van der Waals surface area contributed by atoms with E-state index in [0.29, 0.717) is 25.4 Å². The van der Waals surface area contributed by atoms with Gasteiger partial charge in [0.15, 0.2) is 17.6 Å².